The summed E-state index contributed by atoms with van der Waals surface area (Å²) in [4.78, 5) is 18.5. The number of urea groups is 1. The van der Waals surface area contributed by atoms with Crippen LogP contribution in [0.2, 0.25) is 5.02 Å². The van der Waals surface area contributed by atoms with Gasteiger partial charge in [0.15, 0.2) is 0 Å². The first-order valence-corrected chi connectivity index (χ1v) is 13.6. The number of amides is 2. The summed E-state index contributed by atoms with van der Waals surface area (Å²) in [6.45, 7) is 5.46. The lowest BCUT2D eigenvalue weighted by atomic mass is 9.97. The zero-order chi connectivity index (χ0) is 26.2. The fraction of sp³-hybridized carbons (Fsp3) is 0.226. The largest absolute Gasteiger partial charge is 0.360 e. The lowest BCUT2D eigenvalue weighted by Crippen LogP contribution is -2.38. The highest BCUT2D eigenvalue weighted by Gasteiger charge is 2.30. The summed E-state index contributed by atoms with van der Waals surface area (Å²) in [5, 5.41) is 9.99. The Balaban J connectivity index is 1.53. The van der Waals surface area contributed by atoms with Crippen LogP contribution in [-0.4, -0.2) is 32.2 Å². The Morgan fingerprint density at radius 2 is 1.76 bits per heavy atom. The number of para-hydroxylation sites is 2. The van der Waals surface area contributed by atoms with Crippen LogP contribution in [0.1, 0.15) is 36.2 Å². The number of nitrogens with one attached hydrogen (secondary N) is 2. The van der Waals surface area contributed by atoms with Crippen molar-refractivity contribution in [2.45, 2.75) is 39.7 Å². The first-order chi connectivity index (χ1) is 18.6. The van der Waals surface area contributed by atoms with E-state index >= 15 is 0 Å². The summed E-state index contributed by atoms with van der Waals surface area (Å²) in [6, 6.07) is 22.1. The number of hydrogen-bond donors (Lipinski definition) is 2. The molecular weight excluding hydrogens is 494 g/mol. The summed E-state index contributed by atoms with van der Waals surface area (Å²) in [5.41, 5.74) is 9.53. The molecule has 2 aromatic heterocycles. The van der Waals surface area contributed by atoms with Gasteiger partial charge in [0.05, 0.1) is 34.2 Å². The van der Waals surface area contributed by atoms with E-state index in [1.54, 1.807) is 0 Å². The van der Waals surface area contributed by atoms with Crippen molar-refractivity contribution in [1.29, 1.82) is 0 Å². The molecule has 6 nitrogen and oxygen atoms in total. The second-order valence-electron chi connectivity index (χ2n) is 9.65. The van der Waals surface area contributed by atoms with Gasteiger partial charge in [0.2, 0.25) is 0 Å². The molecule has 192 valence electrons. The predicted molar refractivity (Wildman–Crippen MR) is 154 cm³/mol. The molecule has 6 rings (SSSR count). The number of aryl methyl sites for hydroxylation is 2. The van der Waals surface area contributed by atoms with E-state index in [1.807, 2.05) is 47.5 Å². The number of anilines is 1. The van der Waals surface area contributed by atoms with Crippen LogP contribution < -0.4 is 5.32 Å². The number of benzene rings is 3. The molecule has 7 heteroatoms. The topological polar surface area (TPSA) is 66.0 Å². The standard InChI is InChI=1S/C31H30ClN5O/c1-3-20-9-8-10-21(4-2)29(20)37-30(24-13-14-26(32)28-23(24)15-17-33-28)25-19-36(18-16-27(25)35-37)31(38)34-22-11-6-5-7-12-22/h5-15,17,33H,3-4,16,18-19H2,1-2H3,(H,34,38). The number of aromatic nitrogens is 3. The molecule has 5 aromatic rings. The van der Waals surface area contributed by atoms with E-state index in [-0.39, 0.29) is 6.03 Å². The average Bonchev–Trinajstić information content (AvgIpc) is 3.59. The molecule has 3 heterocycles. The summed E-state index contributed by atoms with van der Waals surface area (Å²) in [6.07, 6.45) is 4.42. The minimum Gasteiger partial charge on any atom is -0.360 e. The molecule has 1 aliphatic rings. The van der Waals surface area contributed by atoms with Gasteiger partial charge in [0.1, 0.15) is 0 Å². The van der Waals surface area contributed by atoms with Crippen molar-refractivity contribution in [3.05, 3.63) is 100 Å². The SMILES string of the molecule is CCc1cccc(CC)c1-n1nc2c(c1-c1ccc(Cl)c3[nH]ccc13)CN(C(=O)Nc1ccccc1)CC2. The molecule has 1 aliphatic heterocycles. The van der Waals surface area contributed by atoms with Crippen LogP contribution in [0.3, 0.4) is 0 Å². The lowest BCUT2D eigenvalue weighted by molar-refractivity contribution is 0.206. The Bertz CT molecular complexity index is 1610. The minimum absolute atomic E-state index is 0.105. The van der Waals surface area contributed by atoms with Crippen LogP contribution in [0.4, 0.5) is 10.5 Å². The lowest BCUT2D eigenvalue weighted by Gasteiger charge is -2.27. The molecule has 0 unspecified atom stereocenters. The van der Waals surface area contributed by atoms with Gasteiger partial charge < -0.3 is 15.2 Å². The van der Waals surface area contributed by atoms with Crippen LogP contribution in [-0.2, 0) is 25.8 Å². The number of H-pyrrole nitrogens is 1. The molecule has 0 atom stereocenters. The van der Waals surface area contributed by atoms with Gasteiger partial charge in [-0.1, -0.05) is 67.9 Å². The number of carbonyl (C=O) groups excluding carboxylic acids is 1. The Morgan fingerprint density at radius 3 is 2.50 bits per heavy atom. The fourth-order valence-corrected chi connectivity index (χ4v) is 5.74. The monoisotopic (exact) mass is 523 g/mol. The fourth-order valence-electron chi connectivity index (χ4n) is 5.52. The normalized spacial score (nSPS) is 13.1. The van der Waals surface area contributed by atoms with Crippen molar-refractivity contribution in [1.82, 2.24) is 19.7 Å². The van der Waals surface area contributed by atoms with Crippen molar-refractivity contribution in [2.24, 2.45) is 0 Å². The van der Waals surface area contributed by atoms with Crippen LogP contribution >= 0.6 is 11.6 Å². The van der Waals surface area contributed by atoms with Gasteiger partial charge in [-0.2, -0.15) is 5.10 Å². The van der Waals surface area contributed by atoms with E-state index in [4.69, 9.17) is 16.7 Å². The zero-order valence-electron chi connectivity index (χ0n) is 21.6. The van der Waals surface area contributed by atoms with Crippen molar-refractivity contribution < 1.29 is 4.79 Å². The van der Waals surface area contributed by atoms with Gasteiger partial charge in [0, 0.05) is 41.4 Å². The Labute approximate surface area is 227 Å². The molecule has 0 bridgehead atoms. The Morgan fingerprint density at radius 1 is 1.00 bits per heavy atom. The highest BCUT2D eigenvalue weighted by Crippen LogP contribution is 2.39. The maximum atomic E-state index is 13.3. The minimum atomic E-state index is -0.105. The molecule has 2 N–H and O–H groups in total. The van der Waals surface area contributed by atoms with Gasteiger partial charge >= 0.3 is 6.03 Å². The number of hydrogen-bond acceptors (Lipinski definition) is 2. The van der Waals surface area contributed by atoms with E-state index in [1.165, 1.54) is 11.1 Å². The highest BCUT2D eigenvalue weighted by molar-refractivity contribution is 6.35. The van der Waals surface area contributed by atoms with Crippen molar-refractivity contribution in [3.8, 4) is 16.9 Å². The second-order valence-corrected chi connectivity index (χ2v) is 10.1. The van der Waals surface area contributed by atoms with Gasteiger partial charge in [-0.05, 0) is 48.2 Å². The number of halogens is 1. The maximum Gasteiger partial charge on any atom is 0.322 e. The molecular formula is C31H30ClN5O. The third-order valence-electron chi connectivity index (χ3n) is 7.45. The zero-order valence-corrected chi connectivity index (χ0v) is 22.3. The van der Waals surface area contributed by atoms with Crippen molar-refractivity contribution >= 4 is 34.2 Å². The van der Waals surface area contributed by atoms with E-state index in [0.29, 0.717) is 24.5 Å². The van der Waals surface area contributed by atoms with E-state index in [0.717, 1.165) is 57.6 Å². The summed E-state index contributed by atoms with van der Waals surface area (Å²) in [7, 11) is 0. The number of nitrogens with zero attached hydrogens (tertiary/aromatic N) is 3. The van der Waals surface area contributed by atoms with Gasteiger partial charge in [-0.15, -0.1) is 0 Å². The molecule has 0 saturated heterocycles. The summed E-state index contributed by atoms with van der Waals surface area (Å²) >= 11 is 6.55. The molecule has 0 fully saturated rings. The molecule has 0 spiro atoms. The molecule has 0 radical (unpaired) electrons. The van der Waals surface area contributed by atoms with Gasteiger partial charge in [-0.25, -0.2) is 9.48 Å². The number of fused-ring (bicyclic) bond motifs is 2. The first-order valence-electron chi connectivity index (χ1n) is 13.2. The van der Waals surface area contributed by atoms with Crippen LogP contribution in [0, 0.1) is 0 Å². The van der Waals surface area contributed by atoms with Gasteiger partial charge in [-0.3, -0.25) is 0 Å². The molecule has 3 aromatic carbocycles. The third-order valence-corrected chi connectivity index (χ3v) is 7.77. The van der Waals surface area contributed by atoms with Gasteiger partial charge in [0.25, 0.3) is 0 Å². The van der Waals surface area contributed by atoms with Crippen LogP contribution in [0.25, 0.3) is 27.8 Å². The second kappa shape index (κ2) is 10.0. The smallest absolute Gasteiger partial charge is 0.322 e. The van der Waals surface area contributed by atoms with E-state index < -0.39 is 0 Å². The molecule has 0 saturated carbocycles. The molecule has 0 aliphatic carbocycles. The Kier molecular flexibility index (Phi) is 6.42. The summed E-state index contributed by atoms with van der Waals surface area (Å²) in [5.74, 6) is 0. The number of carbonyl (C=O) groups is 1. The van der Waals surface area contributed by atoms with Crippen molar-refractivity contribution in [2.75, 3.05) is 11.9 Å². The predicted octanol–water partition coefficient (Wildman–Crippen LogP) is 7.39. The number of aromatic amines is 1. The maximum absolute atomic E-state index is 13.3. The molecule has 38 heavy (non-hydrogen) atoms. The highest BCUT2D eigenvalue weighted by atomic mass is 35.5. The summed E-state index contributed by atoms with van der Waals surface area (Å²) < 4.78 is 2.14. The van der Waals surface area contributed by atoms with E-state index in [9.17, 15) is 4.79 Å². The number of rotatable bonds is 5. The Hall–Kier alpha value is -4.03. The third kappa shape index (κ3) is 4.15. The van der Waals surface area contributed by atoms with Crippen LogP contribution in [0.15, 0.2) is 72.9 Å². The quantitative estimate of drug-likeness (QED) is 0.252. The van der Waals surface area contributed by atoms with Crippen LogP contribution in [0.5, 0.6) is 0 Å². The first kappa shape index (κ1) is 24.3. The van der Waals surface area contributed by atoms with E-state index in [2.05, 4.69) is 59.2 Å². The molecule has 2 amide bonds. The average molecular weight is 524 g/mol. The van der Waals surface area contributed by atoms with Crippen molar-refractivity contribution in [3.63, 3.8) is 0 Å².